The van der Waals surface area contributed by atoms with Crippen LogP contribution in [-0.4, -0.2) is 34.8 Å². The Hall–Kier alpha value is -1.92. The van der Waals surface area contributed by atoms with E-state index in [1.807, 2.05) is 0 Å². The van der Waals surface area contributed by atoms with Gasteiger partial charge in [-0.3, -0.25) is 24.5 Å². The van der Waals surface area contributed by atoms with E-state index in [2.05, 4.69) is 10.6 Å². The normalized spacial score (nSPS) is 38.5. The first-order valence-electron chi connectivity index (χ1n) is 6.32. The van der Waals surface area contributed by atoms with Gasteiger partial charge in [0.2, 0.25) is 12.3 Å². The highest BCUT2D eigenvalue weighted by molar-refractivity contribution is 6.28. The highest BCUT2D eigenvalue weighted by atomic mass is 16.4. The van der Waals surface area contributed by atoms with Gasteiger partial charge in [0, 0.05) is 5.41 Å². The molecule has 1 saturated heterocycles. The van der Waals surface area contributed by atoms with E-state index in [9.17, 15) is 24.3 Å². The van der Waals surface area contributed by atoms with Crippen molar-refractivity contribution in [2.24, 2.45) is 10.8 Å². The predicted molar refractivity (Wildman–Crippen MR) is 60.7 cm³/mol. The fourth-order valence-electron chi connectivity index (χ4n) is 4.53. The van der Waals surface area contributed by atoms with Crippen LogP contribution in [0.2, 0.25) is 0 Å². The molecule has 3 amide bonds. The van der Waals surface area contributed by atoms with Gasteiger partial charge in [0.25, 0.3) is 5.91 Å². The quantitative estimate of drug-likeness (QED) is 0.350. The van der Waals surface area contributed by atoms with Crippen molar-refractivity contribution in [3.8, 4) is 0 Å². The highest BCUT2D eigenvalue weighted by Gasteiger charge is 2.99. The molecule has 1 heterocycles. The number of aliphatic carboxylic acids is 1. The minimum absolute atomic E-state index is 0.319. The number of carboxylic acid groups (broad SMARTS) is 1. The summed E-state index contributed by atoms with van der Waals surface area (Å²) in [6, 6.07) is 0. The van der Waals surface area contributed by atoms with Crippen molar-refractivity contribution in [1.82, 2.24) is 10.6 Å². The maximum atomic E-state index is 12.1. The summed E-state index contributed by atoms with van der Waals surface area (Å²) in [5, 5.41) is 14.0. The lowest BCUT2D eigenvalue weighted by Gasteiger charge is -2.28. The molecule has 1 spiro atoms. The summed E-state index contributed by atoms with van der Waals surface area (Å²) < 4.78 is 0. The Kier molecular flexibility index (Phi) is 2.13. The van der Waals surface area contributed by atoms with Gasteiger partial charge < -0.3 is 10.4 Å². The zero-order valence-corrected chi connectivity index (χ0v) is 10.2. The number of hydrogen-bond donors (Lipinski definition) is 3. The fraction of sp³-hybridized carbons (Fsp3) is 0.667. The molecule has 3 rings (SSSR count). The molecular weight excluding hydrogens is 252 g/mol. The smallest absolute Gasteiger partial charge is 0.322 e. The topological polar surface area (TPSA) is 113 Å². The number of carbonyl (C=O) groups is 4. The second kappa shape index (κ2) is 3.34. The molecule has 0 aromatic carbocycles. The minimum atomic E-state index is -1.82. The van der Waals surface area contributed by atoms with Crippen molar-refractivity contribution >= 4 is 24.2 Å². The van der Waals surface area contributed by atoms with E-state index in [0.717, 1.165) is 19.3 Å². The van der Waals surface area contributed by atoms with E-state index < -0.39 is 34.2 Å². The fourth-order valence-corrected chi connectivity index (χ4v) is 4.53. The van der Waals surface area contributed by atoms with Crippen LogP contribution in [0.3, 0.4) is 0 Å². The lowest BCUT2D eigenvalue weighted by atomic mass is 9.77. The summed E-state index contributed by atoms with van der Waals surface area (Å²) in [4.78, 5) is 46.7. The molecule has 0 aromatic heterocycles. The number of carboxylic acids is 1. The van der Waals surface area contributed by atoms with Crippen LogP contribution in [0, 0.1) is 10.8 Å². The van der Waals surface area contributed by atoms with Gasteiger partial charge in [0.1, 0.15) is 0 Å². The van der Waals surface area contributed by atoms with Gasteiger partial charge >= 0.3 is 5.97 Å². The van der Waals surface area contributed by atoms with E-state index in [1.54, 1.807) is 0 Å². The van der Waals surface area contributed by atoms with Crippen molar-refractivity contribution in [2.75, 3.05) is 0 Å². The first-order chi connectivity index (χ1) is 9.01. The number of nitrogens with one attached hydrogen (secondary N) is 2. The van der Waals surface area contributed by atoms with Crippen LogP contribution in [0.4, 0.5) is 0 Å². The molecule has 2 saturated carbocycles. The summed E-state index contributed by atoms with van der Waals surface area (Å²) in [7, 11) is 0. The lowest BCUT2D eigenvalue weighted by Crippen LogP contribution is -2.48. The highest BCUT2D eigenvalue weighted by Crippen LogP contribution is 2.79. The Balaban J connectivity index is 2.20. The van der Waals surface area contributed by atoms with Crippen LogP contribution in [0.1, 0.15) is 32.1 Å². The first kappa shape index (κ1) is 12.1. The average molecular weight is 266 g/mol. The van der Waals surface area contributed by atoms with Gasteiger partial charge in [-0.25, -0.2) is 0 Å². The molecule has 1 aliphatic heterocycles. The first-order valence-corrected chi connectivity index (χ1v) is 6.32. The molecule has 0 aromatic rings. The van der Waals surface area contributed by atoms with Crippen molar-refractivity contribution in [3.63, 3.8) is 0 Å². The maximum Gasteiger partial charge on any atom is 0.322 e. The summed E-state index contributed by atoms with van der Waals surface area (Å²) in [5.41, 5.74) is -4.37. The summed E-state index contributed by atoms with van der Waals surface area (Å²) in [5.74, 6) is -2.80. The monoisotopic (exact) mass is 266 g/mol. The molecule has 0 radical (unpaired) electrons. The van der Waals surface area contributed by atoms with Crippen molar-refractivity contribution in [3.05, 3.63) is 0 Å². The Morgan fingerprint density at radius 1 is 1.21 bits per heavy atom. The third-order valence-corrected chi connectivity index (χ3v) is 5.15. The maximum absolute atomic E-state index is 12.1. The van der Waals surface area contributed by atoms with Gasteiger partial charge in [-0.05, 0) is 12.8 Å². The van der Waals surface area contributed by atoms with Crippen LogP contribution in [0.15, 0.2) is 0 Å². The van der Waals surface area contributed by atoms with E-state index in [0.29, 0.717) is 19.3 Å². The van der Waals surface area contributed by atoms with Crippen LogP contribution >= 0.6 is 0 Å². The number of fused-ring (bicyclic) bond motifs is 3. The predicted octanol–water partition coefficient (Wildman–Crippen LogP) is -0.837. The van der Waals surface area contributed by atoms with Crippen LogP contribution in [-0.2, 0) is 19.2 Å². The zero-order chi connectivity index (χ0) is 13.9. The van der Waals surface area contributed by atoms with Gasteiger partial charge in [-0.1, -0.05) is 19.3 Å². The molecule has 7 heteroatoms. The second-order valence-electron chi connectivity index (χ2n) is 5.49. The number of piperidine rings is 1. The SMILES string of the molecule is O=CN[C@@]12C(=O)NC(=O)[C@@]1(C(=O)O)C21CCCCC1. The Morgan fingerprint density at radius 2 is 1.84 bits per heavy atom. The van der Waals surface area contributed by atoms with Gasteiger partial charge in [-0.15, -0.1) is 0 Å². The molecule has 2 atom stereocenters. The molecule has 3 N–H and O–H groups in total. The third-order valence-electron chi connectivity index (χ3n) is 5.15. The lowest BCUT2D eigenvalue weighted by molar-refractivity contribution is -0.150. The molecule has 0 bridgehead atoms. The number of imide groups is 1. The zero-order valence-electron chi connectivity index (χ0n) is 10.2. The number of rotatable bonds is 3. The molecule has 102 valence electrons. The summed E-state index contributed by atoms with van der Waals surface area (Å²) >= 11 is 0. The van der Waals surface area contributed by atoms with E-state index >= 15 is 0 Å². The largest absolute Gasteiger partial charge is 0.480 e. The number of carbonyl (C=O) groups excluding carboxylic acids is 3. The van der Waals surface area contributed by atoms with E-state index in [4.69, 9.17) is 0 Å². The van der Waals surface area contributed by atoms with E-state index in [-0.39, 0.29) is 0 Å². The van der Waals surface area contributed by atoms with Crippen molar-refractivity contribution < 1.29 is 24.3 Å². The Labute approximate surface area is 108 Å². The molecule has 3 aliphatic rings. The minimum Gasteiger partial charge on any atom is -0.480 e. The van der Waals surface area contributed by atoms with Gasteiger partial charge in [0.15, 0.2) is 11.0 Å². The molecule has 7 nitrogen and oxygen atoms in total. The summed E-state index contributed by atoms with van der Waals surface area (Å²) in [6.07, 6.45) is 3.73. The second-order valence-corrected chi connectivity index (χ2v) is 5.49. The molecule has 19 heavy (non-hydrogen) atoms. The average Bonchev–Trinajstić information content (AvgIpc) is 2.76. The molecule has 0 unspecified atom stereocenters. The van der Waals surface area contributed by atoms with E-state index in [1.165, 1.54) is 0 Å². The summed E-state index contributed by atoms with van der Waals surface area (Å²) in [6.45, 7) is 0. The standard InChI is InChI=1S/C12H14N2O5/c15-6-13-12-8(17)14-7(16)11(12,9(18)19)10(12)4-2-1-3-5-10/h6H,1-5H2,(H,13,15)(H,18,19)(H,14,16,17)/t11-,12-/m1/s1. The van der Waals surface area contributed by atoms with Crippen LogP contribution in [0.5, 0.6) is 0 Å². The Bertz CT molecular complexity index is 510. The van der Waals surface area contributed by atoms with Gasteiger partial charge in [0.05, 0.1) is 0 Å². The van der Waals surface area contributed by atoms with Crippen LogP contribution in [0.25, 0.3) is 0 Å². The molecular formula is C12H14N2O5. The van der Waals surface area contributed by atoms with Crippen molar-refractivity contribution in [2.45, 2.75) is 37.6 Å². The number of hydrogen-bond acceptors (Lipinski definition) is 4. The Morgan fingerprint density at radius 3 is 2.37 bits per heavy atom. The molecule has 3 fully saturated rings. The van der Waals surface area contributed by atoms with Gasteiger partial charge in [-0.2, -0.15) is 0 Å². The van der Waals surface area contributed by atoms with Crippen molar-refractivity contribution in [1.29, 1.82) is 0 Å². The van der Waals surface area contributed by atoms with Crippen LogP contribution < -0.4 is 10.6 Å². The molecule has 2 aliphatic carbocycles. The number of amides is 3. The third kappa shape index (κ3) is 0.913.